The molecule has 1 saturated heterocycles. The highest BCUT2D eigenvalue weighted by Crippen LogP contribution is 2.25. The summed E-state index contributed by atoms with van der Waals surface area (Å²) in [5, 5.41) is 13.1. The number of nitrogens with one attached hydrogen (secondary N) is 1. The van der Waals surface area contributed by atoms with E-state index < -0.39 is 10.0 Å². The predicted molar refractivity (Wildman–Crippen MR) is 115 cm³/mol. The van der Waals surface area contributed by atoms with Crippen LogP contribution >= 0.6 is 0 Å². The van der Waals surface area contributed by atoms with E-state index in [1.54, 1.807) is 17.0 Å². The van der Waals surface area contributed by atoms with Crippen LogP contribution in [0.1, 0.15) is 16.9 Å². The zero-order chi connectivity index (χ0) is 22.0. The normalized spacial score (nSPS) is 15.0. The molecule has 2 heterocycles. The van der Waals surface area contributed by atoms with Crippen molar-refractivity contribution in [3.63, 3.8) is 0 Å². The van der Waals surface area contributed by atoms with Gasteiger partial charge in [-0.3, -0.25) is 0 Å². The van der Waals surface area contributed by atoms with Gasteiger partial charge < -0.3 is 14.6 Å². The predicted octanol–water partition coefficient (Wildman–Crippen LogP) is 2.83. The molecule has 2 amide bonds. The summed E-state index contributed by atoms with van der Waals surface area (Å²) in [5.74, 6) is 0.698. The number of piperazine rings is 1. The van der Waals surface area contributed by atoms with E-state index in [2.05, 4.69) is 5.32 Å². The van der Waals surface area contributed by atoms with Gasteiger partial charge in [0.25, 0.3) is 0 Å². The Balaban J connectivity index is 1.37. The summed E-state index contributed by atoms with van der Waals surface area (Å²) in [7, 11) is -3.79. The molecule has 8 nitrogen and oxygen atoms in total. The van der Waals surface area contributed by atoms with Crippen LogP contribution < -0.4 is 5.32 Å². The van der Waals surface area contributed by atoms with Gasteiger partial charge in [-0.15, -0.1) is 0 Å². The van der Waals surface area contributed by atoms with E-state index in [1.165, 1.54) is 16.4 Å². The van der Waals surface area contributed by atoms with Crippen molar-refractivity contribution in [3.05, 3.63) is 65.4 Å². The topological polar surface area (TPSA) is 107 Å². The number of rotatable bonds is 4. The fourth-order valence-electron chi connectivity index (χ4n) is 3.72. The average molecular weight is 439 g/mol. The van der Waals surface area contributed by atoms with Crippen LogP contribution in [0.2, 0.25) is 0 Å². The number of fused-ring (bicyclic) bond motifs is 1. The number of para-hydroxylation sites is 1. The smallest absolute Gasteiger partial charge is 0.317 e. The summed E-state index contributed by atoms with van der Waals surface area (Å²) < 4.78 is 33.0. The van der Waals surface area contributed by atoms with Gasteiger partial charge >= 0.3 is 6.03 Å². The van der Waals surface area contributed by atoms with Crippen molar-refractivity contribution in [1.29, 1.82) is 5.26 Å². The molecule has 1 fully saturated rings. The Bertz CT molecular complexity index is 1270. The summed E-state index contributed by atoms with van der Waals surface area (Å²) in [6, 6.07) is 15.5. The second kappa shape index (κ2) is 8.41. The van der Waals surface area contributed by atoms with E-state index in [0.29, 0.717) is 5.76 Å². The third-order valence-electron chi connectivity index (χ3n) is 5.49. The highest BCUT2D eigenvalue weighted by atomic mass is 32.2. The van der Waals surface area contributed by atoms with Gasteiger partial charge in [-0.2, -0.15) is 9.57 Å². The fourth-order valence-corrected chi connectivity index (χ4v) is 5.28. The van der Waals surface area contributed by atoms with E-state index in [4.69, 9.17) is 4.42 Å². The number of carbonyl (C=O) groups is 1. The number of carbonyl (C=O) groups excluding carboxylic acids is 1. The Kier molecular flexibility index (Phi) is 5.67. The first-order valence-corrected chi connectivity index (χ1v) is 11.3. The van der Waals surface area contributed by atoms with Gasteiger partial charge in [0.15, 0.2) is 0 Å². The molecule has 0 unspecified atom stereocenters. The third kappa shape index (κ3) is 4.00. The number of benzene rings is 2. The maximum atomic E-state index is 12.9. The van der Waals surface area contributed by atoms with Crippen molar-refractivity contribution in [1.82, 2.24) is 14.5 Å². The molecule has 0 atom stereocenters. The number of amides is 2. The summed E-state index contributed by atoms with van der Waals surface area (Å²) in [6.07, 6.45) is 0. The molecule has 3 aromatic rings. The van der Waals surface area contributed by atoms with Crippen LogP contribution in [-0.4, -0.2) is 49.8 Å². The van der Waals surface area contributed by atoms with E-state index in [0.717, 1.165) is 16.5 Å². The monoisotopic (exact) mass is 438 g/mol. The molecule has 4 rings (SSSR count). The largest absolute Gasteiger partial charge is 0.459 e. The third-order valence-corrected chi connectivity index (χ3v) is 7.45. The van der Waals surface area contributed by atoms with Crippen molar-refractivity contribution >= 4 is 27.0 Å². The standard InChI is InChI=1S/C22H22N4O4S/c1-16-18-7-3-4-8-19(18)30-20(16)15-24-22(27)25-10-12-26(13-11-25)31(28,29)21-9-5-2-6-17(21)14-23/h2-9H,10-13,15H2,1H3,(H,24,27). The average Bonchev–Trinajstić information content (AvgIpc) is 3.13. The molecule has 0 aliphatic carbocycles. The first kappa shape index (κ1) is 20.9. The van der Waals surface area contributed by atoms with Gasteiger partial charge in [-0.25, -0.2) is 13.2 Å². The lowest BCUT2D eigenvalue weighted by Crippen LogP contribution is -2.53. The minimum absolute atomic E-state index is 0.00392. The molecular formula is C22H22N4O4S. The van der Waals surface area contributed by atoms with Crippen LogP contribution in [0.25, 0.3) is 11.0 Å². The first-order chi connectivity index (χ1) is 14.9. The molecule has 0 radical (unpaired) electrons. The van der Waals surface area contributed by atoms with E-state index in [-0.39, 0.29) is 49.2 Å². The number of hydrogen-bond acceptors (Lipinski definition) is 5. The molecule has 1 aliphatic rings. The lowest BCUT2D eigenvalue weighted by molar-refractivity contribution is 0.171. The maximum Gasteiger partial charge on any atom is 0.317 e. The Morgan fingerprint density at radius 3 is 2.48 bits per heavy atom. The molecular weight excluding hydrogens is 416 g/mol. The fraction of sp³-hybridized carbons (Fsp3) is 0.273. The van der Waals surface area contributed by atoms with Crippen LogP contribution in [0.15, 0.2) is 57.8 Å². The lowest BCUT2D eigenvalue weighted by atomic mass is 10.1. The molecule has 1 aromatic heterocycles. The lowest BCUT2D eigenvalue weighted by Gasteiger charge is -2.34. The Labute approximate surface area is 180 Å². The molecule has 1 aliphatic heterocycles. The SMILES string of the molecule is Cc1c(CNC(=O)N2CCN(S(=O)(=O)c3ccccc3C#N)CC2)oc2ccccc12. The molecule has 0 saturated carbocycles. The van der Waals surface area contributed by atoms with Crippen LogP contribution in [0.3, 0.4) is 0 Å². The summed E-state index contributed by atoms with van der Waals surface area (Å²) in [6.45, 7) is 3.07. The minimum Gasteiger partial charge on any atom is -0.459 e. The number of nitrogens with zero attached hydrogens (tertiary/aromatic N) is 3. The van der Waals surface area contributed by atoms with Crippen molar-refractivity contribution in [2.24, 2.45) is 0 Å². The summed E-state index contributed by atoms with van der Waals surface area (Å²) in [5.41, 5.74) is 1.88. The molecule has 9 heteroatoms. The summed E-state index contributed by atoms with van der Waals surface area (Å²) >= 11 is 0. The molecule has 0 bridgehead atoms. The Morgan fingerprint density at radius 1 is 1.10 bits per heavy atom. The van der Waals surface area contributed by atoms with Crippen LogP contribution in [0.4, 0.5) is 4.79 Å². The highest BCUT2D eigenvalue weighted by Gasteiger charge is 2.31. The first-order valence-electron chi connectivity index (χ1n) is 9.91. The molecule has 2 aromatic carbocycles. The van der Waals surface area contributed by atoms with Crippen molar-refractivity contribution < 1.29 is 17.6 Å². The number of sulfonamides is 1. The second-order valence-corrected chi connectivity index (χ2v) is 9.21. The van der Waals surface area contributed by atoms with E-state index in [9.17, 15) is 18.5 Å². The van der Waals surface area contributed by atoms with Gasteiger partial charge in [0, 0.05) is 37.1 Å². The summed E-state index contributed by atoms with van der Waals surface area (Å²) in [4.78, 5) is 14.2. The molecule has 1 N–H and O–H groups in total. The number of nitriles is 1. The van der Waals surface area contributed by atoms with Gasteiger partial charge in [-0.05, 0) is 25.1 Å². The number of aryl methyl sites for hydroxylation is 1. The number of hydrogen-bond donors (Lipinski definition) is 1. The zero-order valence-electron chi connectivity index (χ0n) is 17.0. The van der Waals surface area contributed by atoms with Crippen LogP contribution in [0, 0.1) is 18.3 Å². The second-order valence-electron chi connectivity index (χ2n) is 7.30. The molecule has 31 heavy (non-hydrogen) atoms. The maximum absolute atomic E-state index is 12.9. The quantitative estimate of drug-likeness (QED) is 0.674. The van der Waals surface area contributed by atoms with E-state index in [1.807, 2.05) is 37.3 Å². The minimum atomic E-state index is -3.79. The van der Waals surface area contributed by atoms with Crippen molar-refractivity contribution in [2.45, 2.75) is 18.4 Å². The number of urea groups is 1. The molecule has 0 spiro atoms. The Morgan fingerprint density at radius 2 is 1.77 bits per heavy atom. The van der Waals surface area contributed by atoms with Crippen LogP contribution in [-0.2, 0) is 16.6 Å². The number of furan rings is 1. The van der Waals surface area contributed by atoms with Crippen molar-refractivity contribution in [2.75, 3.05) is 26.2 Å². The van der Waals surface area contributed by atoms with Gasteiger partial charge in [-0.1, -0.05) is 30.3 Å². The van der Waals surface area contributed by atoms with Crippen molar-refractivity contribution in [3.8, 4) is 6.07 Å². The van der Waals surface area contributed by atoms with E-state index >= 15 is 0 Å². The molecule has 160 valence electrons. The van der Waals surface area contributed by atoms with Gasteiger partial charge in [0.2, 0.25) is 10.0 Å². The Hall–Kier alpha value is -3.35. The highest BCUT2D eigenvalue weighted by molar-refractivity contribution is 7.89. The van der Waals surface area contributed by atoms with Crippen LogP contribution in [0.5, 0.6) is 0 Å². The van der Waals surface area contributed by atoms with Gasteiger partial charge in [0.1, 0.15) is 17.4 Å². The van der Waals surface area contributed by atoms with Gasteiger partial charge in [0.05, 0.1) is 17.0 Å². The zero-order valence-corrected chi connectivity index (χ0v) is 17.9.